The summed E-state index contributed by atoms with van der Waals surface area (Å²) in [6.45, 7) is 0. The van der Waals surface area contributed by atoms with E-state index in [2.05, 4.69) is 15.3 Å². The number of rotatable bonds is 5. The predicted octanol–water partition coefficient (Wildman–Crippen LogP) is 3.27. The number of aromatic nitrogens is 2. The number of anilines is 1. The lowest BCUT2D eigenvalue weighted by atomic mass is 10.2. The first-order valence-electron chi connectivity index (χ1n) is 7.48. The molecule has 0 radical (unpaired) electrons. The van der Waals surface area contributed by atoms with Gasteiger partial charge in [-0.3, -0.25) is 9.59 Å². The number of hydrogen-bond acceptors (Lipinski definition) is 5. The molecule has 0 spiro atoms. The van der Waals surface area contributed by atoms with Crippen molar-refractivity contribution in [2.24, 2.45) is 5.73 Å². The van der Waals surface area contributed by atoms with Gasteiger partial charge in [-0.2, -0.15) is 0 Å². The van der Waals surface area contributed by atoms with E-state index in [0.29, 0.717) is 22.9 Å². The van der Waals surface area contributed by atoms with Crippen molar-refractivity contribution >= 4 is 29.1 Å². The zero-order chi connectivity index (χ0) is 18.5. The summed E-state index contributed by atoms with van der Waals surface area (Å²) in [6, 6.07) is 12.8. The molecule has 3 N–H and O–H groups in total. The van der Waals surface area contributed by atoms with Crippen LogP contribution in [0.25, 0.3) is 0 Å². The van der Waals surface area contributed by atoms with Gasteiger partial charge in [0.1, 0.15) is 10.9 Å². The molecule has 0 bridgehead atoms. The van der Waals surface area contributed by atoms with E-state index >= 15 is 0 Å². The molecular weight excluding hydrogens is 356 g/mol. The van der Waals surface area contributed by atoms with E-state index in [9.17, 15) is 9.59 Å². The van der Waals surface area contributed by atoms with Crippen molar-refractivity contribution in [1.82, 2.24) is 9.97 Å². The van der Waals surface area contributed by atoms with Crippen molar-refractivity contribution in [2.45, 2.75) is 0 Å². The fourth-order valence-corrected chi connectivity index (χ4v) is 2.31. The van der Waals surface area contributed by atoms with Crippen LogP contribution in [-0.4, -0.2) is 21.8 Å². The smallest absolute Gasteiger partial charge is 0.258 e. The number of nitrogens with zero attached hydrogens (tertiary/aromatic N) is 2. The van der Waals surface area contributed by atoms with Gasteiger partial charge in [0.05, 0.1) is 17.4 Å². The number of nitrogens with two attached hydrogens (primary N) is 1. The van der Waals surface area contributed by atoms with Gasteiger partial charge in [0, 0.05) is 17.8 Å². The molecule has 0 fully saturated rings. The third kappa shape index (κ3) is 4.14. The van der Waals surface area contributed by atoms with Gasteiger partial charge in [-0.15, -0.1) is 0 Å². The Balaban J connectivity index is 1.69. The second kappa shape index (κ2) is 7.62. The van der Waals surface area contributed by atoms with E-state index in [1.165, 1.54) is 18.5 Å². The topological polar surface area (TPSA) is 107 Å². The Morgan fingerprint density at radius 3 is 2.62 bits per heavy atom. The fourth-order valence-electron chi connectivity index (χ4n) is 2.10. The number of amides is 2. The molecule has 2 aromatic heterocycles. The molecule has 130 valence electrons. The normalized spacial score (nSPS) is 10.2. The van der Waals surface area contributed by atoms with E-state index in [1.807, 2.05) is 0 Å². The molecule has 1 aromatic carbocycles. The van der Waals surface area contributed by atoms with Crippen LogP contribution in [0.1, 0.15) is 20.7 Å². The van der Waals surface area contributed by atoms with Gasteiger partial charge >= 0.3 is 0 Å². The summed E-state index contributed by atoms with van der Waals surface area (Å²) in [6.07, 6.45) is 2.94. The molecular formula is C18H13ClN4O3. The summed E-state index contributed by atoms with van der Waals surface area (Å²) < 4.78 is 5.57. The molecule has 2 heterocycles. The van der Waals surface area contributed by atoms with Crippen molar-refractivity contribution in [3.63, 3.8) is 0 Å². The van der Waals surface area contributed by atoms with E-state index in [1.54, 1.807) is 42.5 Å². The lowest BCUT2D eigenvalue weighted by Crippen LogP contribution is -2.13. The molecule has 0 aliphatic rings. The Morgan fingerprint density at radius 1 is 1.08 bits per heavy atom. The summed E-state index contributed by atoms with van der Waals surface area (Å²) in [7, 11) is 0. The van der Waals surface area contributed by atoms with E-state index in [-0.39, 0.29) is 10.7 Å². The van der Waals surface area contributed by atoms with Crippen molar-refractivity contribution in [1.29, 1.82) is 0 Å². The van der Waals surface area contributed by atoms with Gasteiger partial charge < -0.3 is 15.8 Å². The molecule has 3 aromatic rings. The molecule has 0 saturated heterocycles. The Labute approximate surface area is 153 Å². The second-order valence-corrected chi connectivity index (χ2v) is 5.53. The maximum Gasteiger partial charge on any atom is 0.258 e. The number of pyridine rings is 2. The monoisotopic (exact) mass is 368 g/mol. The second-order valence-electron chi connectivity index (χ2n) is 5.18. The zero-order valence-corrected chi connectivity index (χ0v) is 14.1. The van der Waals surface area contributed by atoms with Gasteiger partial charge in [-0.05, 0) is 36.4 Å². The number of halogens is 1. The maximum atomic E-state index is 12.2. The van der Waals surface area contributed by atoms with Crippen LogP contribution in [0.15, 0.2) is 60.9 Å². The number of benzene rings is 1. The fraction of sp³-hybridized carbons (Fsp3) is 0. The standard InChI is InChI=1S/C18H13ClN4O3/c19-16-14(5-2-8-21-16)18(25)23-12-6-7-15(22-10-12)26-13-4-1-3-11(9-13)17(20)24/h1-10H,(H2,20,24)(H,23,25). The van der Waals surface area contributed by atoms with E-state index in [4.69, 9.17) is 22.1 Å². The highest BCUT2D eigenvalue weighted by atomic mass is 35.5. The highest BCUT2D eigenvalue weighted by Gasteiger charge is 2.11. The molecule has 7 nitrogen and oxygen atoms in total. The number of hydrogen-bond donors (Lipinski definition) is 2. The van der Waals surface area contributed by atoms with Crippen molar-refractivity contribution in [2.75, 3.05) is 5.32 Å². The van der Waals surface area contributed by atoms with Crippen LogP contribution in [0.5, 0.6) is 11.6 Å². The number of nitrogens with one attached hydrogen (secondary N) is 1. The first kappa shape index (κ1) is 17.4. The summed E-state index contributed by atoms with van der Waals surface area (Å²) >= 11 is 5.90. The highest BCUT2D eigenvalue weighted by Crippen LogP contribution is 2.22. The number of ether oxygens (including phenoxy) is 1. The summed E-state index contributed by atoms with van der Waals surface area (Å²) in [5.74, 6) is -0.222. The maximum absolute atomic E-state index is 12.2. The Kier molecular flexibility index (Phi) is 5.09. The van der Waals surface area contributed by atoms with Gasteiger partial charge in [0.25, 0.3) is 5.91 Å². The molecule has 0 saturated carbocycles. The van der Waals surface area contributed by atoms with E-state index < -0.39 is 11.8 Å². The van der Waals surface area contributed by atoms with Crippen LogP contribution in [0.2, 0.25) is 5.15 Å². The van der Waals surface area contributed by atoms with Crippen LogP contribution in [0, 0.1) is 0 Å². The van der Waals surface area contributed by atoms with Crippen LogP contribution >= 0.6 is 11.6 Å². The Morgan fingerprint density at radius 2 is 1.92 bits per heavy atom. The third-order valence-corrected chi connectivity index (χ3v) is 3.64. The molecule has 0 aliphatic carbocycles. The van der Waals surface area contributed by atoms with Gasteiger partial charge in [0.15, 0.2) is 0 Å². The molecule has 3 rings (SSSR count). The quantitative estimate of drug-likeness (QED) is 0.672. The summed E-state index contributed by atoms with van der Waals surface area (Å²) in [5.41, 5.74) is 6.30. The molecule has 2 amide bonds. The highest BCUT2D eigenvalue weighted by molar-refractivity contribution is 6.33. The molecule has 0 aliphatic heterocycles. The van der Waals surface area contributed by atoms with Crippen molar-refractivity contribution in [3.8, 4) is 11.6 Å². The Hall–Kier alpha value is -3.45. The molecule has 8 heteroatoms. The number of primary amides is 1. The van der Waals surface area contributed by atoms with Crippen LogP contribution < -0.4 is 15.8 Å². The minimum Gasteiger partial charge on any atom is -0.439 e. The molecule has 0 unspecified atom stereocenters. The minimum absolute atomic E-state index is 0.118. The van der Waals surface area contributed by atoms with Gasteiger partial charge in [-0.25, -0.2) is 9.97 Å². The van der Waals surface area contributed by atoms with Gasteiger partial charge in [0.2, 0.25) is 11.8 Å². The minimum atomic E-state index is -0.546. The lowest BCUT2D eigenvalue weighted by Gasteiger charge is -2.08. The average molecular weight is 369 g/mol. The van der Waals surface area contributed by atoms with Gasteiger partial charge in [-0.1, -0.05) is 17.7 Å². The first-order chi connectivity index (χ1) is 12.5. The van der Waals surface area contributed by atoms with Crippen molar-refractivity contribution in [3.05, 3.63) is 77.2 Å². The third-order valence-electron chi connectivity index (χ3n) is 3.34. The lowest BCUT2D eigenvalue weighted by molar-refractivity contribution is 0.0997. The summed E-state index contributed by atoms with van der Waals surface area (Å²) in [4.78, 5) is 31.3. The van der Waals surface area contributed by atoms with Crippen LogP contribution in [0.4, 0.5) is 5.69 Å². The Bertz CT molecular complexity index is 961. The van der Waals surface area contributed by atoms with Crippen LogP contribution in [0.3, 0.4) is 0 Å². The zero-order valence-electron chi connectivity index (χ0n) is 13.3. The van der Waals surface area contributed by atoms with Crippen molar-refractivity contribution < 1.29 is 14.3 Å². The van der Waals surface area contributed by atoms with E-state index in [0.717, 1.165) is 0 Å². The number of carbonyl (C=O) groups is 2. The summed E-state index contributed by atoms with van der Waals surface area (Å²) in [5, 5.41) is 2.79. The predicted molar refractivity (Wildman–Crippen MR) is 96.5 cm³/mol. The SMILES string of the molecule is NC(=O)c1cccc(Oc2ccc(NC(=O)c3cccnc3Cl)cn2)c1. The largest absolute Gasteiger partial charge is 0.439 e. The molecule has 0 atom stereocenters. The molecule has 26 heavy (non-hydrogen) atoms. The number of carbonyl (C=O) groups excluding carboxylic acids is 2. The average Bonchev–Trinajstić information content (AvgIpc) is 2.64. The first-order valence-corrected chi connectivity index (χ1v) is 7.86. The van der Waals surface area contributed by atoms with Crippen LogP contribution in [-0.2, 0) is 0 Å².